The third-order valence-corrected chi connectivity index (χ3v) is 1.56. The van der Waals surface area contributed by atoms with Gasteiger partial charge in [0.05, 0.1) is 0 Å². The van der Waals surface area contributed by atoms with Crippen LogP contribution in [0.15, 0.2) is 23.3 Å². The lowest BCUT2D eigenvalue weighted by atomic mass is 10.1. The van der Waals surface area contributed by atoms with Gasteiger partial charge in [0.2, 0.25) is 0 Å². The van der Waals surface area contributed by atoms with Crippen molar-refractivity contribution >= 4 is 0 Å². The minimum absolute atomic E-state index is 0.667. The van der Waals surface area contributed by atoms with E-state index in [4.69, 9.17) is 5.73 Å². The van der Waals surface area contributed by atoms with Crippen LogP contribution in [-0.2, 0) is 0 Å². The van der Waals surface area contributed by atoms with Crippen molar-refractivity contribution in [3.8, 4) is 0 Å². The molecule has 0 aliphatic heterocycles. The van der Waals surface area contributed by atoms with Crippen molar-refractivity contribution in [3.05, 3.63) is 23.3 Å². The molecule has 64 valence electrons. The van der Waals surface area contributed by atoms with Crippen LogP contribution in [-0.4, -0.2) is 6.54 Å². The average Bonchev–Trinajstić information content (AvgIpc) is 1.87. The molecule has 0 aromatic heterocycles. The highest BCUT2D eigenvalue weighted by Gasteiger charge is 1.86. The van der Waals surface area contributed by atoms with Crippen molar-refractivity contribution in [3.63, 3.8) is 0 Å². The van der Waals surface area contributed by atoms with Crippen molar-refractivity contribution in [2.75, 3.05) is 6.54 Å². The molecule has 0 aromatic carbocycles. The lowest BCUT2D eigenvalue weighted by Crippen LogP contribution is -1.94. The number of rotatable bonds is 4. The van der Waals surface area contributed by atoms with Gasteiger partial charge in [0.25, 0.3) is 0 Å². The topological polar surface area (TPSA) is 26.0 Å². The van der Waals surface area contributed by atoms with Crippen molar-refractivity contribution < 1.29 is 0 Å². The predicted molar refractivity (Wildman–Crippen MR) is 51.5 cm³/mol. The zero-order chi connectivity index (χ0) is 8.69. The Bertz CT molecular complexity index is 150. The second kappa shape index (κ2) is 6.17. The average molecular weight is 153 g/mol. The minimum atomic E-state index is 0.667. The molecule has 0 spiro atoms. The third kappa shape index (κ3) is 7.34. The van der Waals surface area contributed by atoms with Crippen molar-refractivity contribution in [1.82, 2.24) is 0 Å². The van der Waals surface area contributed by atoms with Crippen LogP contribution in [0.5, 0.6) is 0 Å². The Morgan fingerprint density at radius 1 is 1.18 bits per heavy atom. The zero-order valence-electron chi connectivity index (χ0n) is 7.85. The molecule has 0 radical (unpaired) electrons. The maximum Gasteiger partial charge on any atom is 0.0109 e. The smallest absolute Gasteiger partial charge is 0.0109 e. The summed E-state index contributed by atoms with van der Waals surface area (Å²) in [5.74, 6) is 0. The standard InChI is InChI=1S/C10H19N/c1-9(2)5-4-6-10(3)7-8-11/h5,7H,4,6,8,11H2,1-3H3/b10-7+. The second-order valence-electron chi connectivity index (χ2n) is 3.11. The molecule has 0 saturated carbocycles. The highest BCUT2D eigenvalue weighted by Crippen LogP contribution is 2.05. The Hall–Kier alpha value is -0.560. The van der Waals surface area contributed by atoms with Gasteiger partial charge in [-0.05, 0) is 33.6 Å². The molecule has 1 nitrogen and oxygen atoms in total. The summed E-state index contributed by atoms with van der Waals surface area (Å²) in [6, 6.07) is 0. The molecule has 11 heavy (non-hydrogen) atoms. The summed E-state index contributed by atoms with van der Waals surface area (Å²) in [7, 11) is 0. The van der Waals surface area contributed by atoms with Crippen LogP contribution < -0.4 is 5.73 Å². The fourth-order valence-electron chi connectivity index (χ4n) is 0.892. The van der Waals surface area contributed by atoms with Gasteiger partial charge in [-0.1, -0.05) is 23.3 Å². The van der Waals surface area contributed by atoms with Gasteiger partial charge in [-0.3, -0.25) is 0 Å². The van der Waals surface area contributed by atoms with Crippen molar-refractivity contribution in [2.45, 2.75) is 33.6 Å². The van der Waals surface area contributed by atoms with E-state index < -0.39 is 0 Å². The Kier molecular flexibility index (Phi) is 5.86. The highest BCUT2D eigenvalue weighted by molar-refractivity contribution is 5.02. The maximum absolute atomic E-state index is 5.37. The van der Waals surface area contributed by atoms with Crippen LogP contribution >= 0.6 is 0 Å². The van der Waals surface area contributed by atoms with E-state index in [0.717, 1.165) is 12.8 Å². The second-order valence-corrected chi connectivity index (χ2v) is 3.11. The Morgan fingerprint density at radius 2 is 1.82 bits per heavy atom. The Labute approximate surface area is 70.0 Å². The fourth-order valence-corrected chi connectivity index (χ4v) is 0.892. The molecule has 1 heteroatoms. The molecule has 0 rings (SSSR count). The van der Waals surface area contributed by atoms with Crippen LogP contribution in [0.4, 0.5) is 0 Å². The van der Waals surface area contributed by atoms with Gasteiger partial charge in [0, 0.05) is 6.54 Å². The van der Waals surface area contributed by atoms with Crippen LogP contribution in [0, 0.1) is 0 Å². The van der Waals surface area contributed by atoms with Gasteiger partial charge in [0.1, 0.15) is 0 Å². The summed E-state index contributed by atoms with van der Waals surface area (Å²) in [5.41, 5.74) is 8.16. The lowest BCUT2D eigenvalue weighted by Gasteiger charge is -1.96. The maximum atomic E-state index is 5.37. The summed E-state index contributed by atoms with van der Waals surface area (Å²) in [4.78, 5) is 0. The highest BCUT2D eigenvalue weighted by atomic mass is 14.5. The molecular formula is C10H19N. The molecule has 2 N–H and O–H groups in total. The molecule has 0 fully saturated rings. The molecule has 0 aromatic rings. The summed E-state index contributed by atoms with van der Waals surface area (Å²) < 4.78 is 0. The van der Waals surface area contributed by atoms with E-state index >= 15 is 0 Å². The first-order valence-corrected chi connectivity index (χ1v) is 4.16. The first-order valence-electron chi connectivity index (χ1n) is 4.16. The zero-order valence-corrected chi connectivity index (χ0v) is 7.85. The third-order valence-electron chi connectivity index (χ3n) is 1.56. The van der Waals surface area contributed by atoms with Crippen molar-refractivity contribution in [1.29, 1.82) is 0 Å². The summed E-state index contributed by atoms with van der Waals surface area (Å²) in [5, 5.41) is 0. The van der Waals surface area contributed by atoms with Gasteiger partial charge in [-0.15, -0.1) is 0 Å². The number of nitrogens with two attached hydrogens (primary N) is 1. The Balaban J connectivity index is 3.54. The molecule has 0 heterocycles. The normalized spacial score (nSPS) is 11.5. The van der Waals surface area contributed by atoms with Crippen LogP contribution in [0.1, 0.15) is 33.6 Å². The molecule has 0 aliphatic rings. The molecule has 0 unspecified atom stereocenters. The van der Waals surface area contributed by atoms with E-state index in [-0.39, 0.29) is 0 Å². The van der Waals surface area contributed by atoms with Gasteiger partial charge in [-0.2, -0.15) is 0 Å². The van der Waals surface area contributed by atoms with E-state index in [1.54, 1.807) is 0 Å². The SMILES string of the molecule is CC(C)=CCC/C(C)=C/CN. The molecule has 0 amide bonds. The molecule has 0 bridgehead atoms. The molecule has 0 saturated heterocycles. The molecule has 0 aliphatic carbocycles. The van der Waals surface area contributed by atoms with Crippen molar-refractivity contribution in [2.24, 2.45) is 5.73 Å². The predicted octanol–water partition coefficient (Wildman–Crippen LogP) is 2.64. The summed E-state index contributed by atoms with van der Waals surface area (Å²) in [6.07, 6.45) is 6.62. The first kappa shape index (κ1) is 10.4. The van der Waals surface area contributed by atoms with Crippen LogP contribution in [0.25, 0.3) is 0 Å². The van der Waals surface area contributed by atoms with E-state index in [1.807, 2.05) is 0 Å². The van der Waals surface area contributed by atoms with Gasteiger partial charge >= 0.3 is 0 Å². The summed E-state index contributed by atoms with van der Waals surface area (Å²) >= 11 is 0. The van der Waals surface area contributed by atoms with Crippen LogP contribution in [0.2, 0.25) is 0 Å². The quantitative estimate of drug-likeness (QED) is 0.617. The van der Waals surface area contributed by atoms with Gasteiger partial charge in [-0.25, -0.2) is 0 Å². The monoisotopic (exact) mass is 153 g/mol. The lowest BCUT2D eigenvalue weighted by molar-refractivity contribution is 0.956. The van der Waals surface area contributed by atoms with E-state index in [9.17, 15) is 0 Å². The molecular weight excluding hydrogens is 134 g/mol. The minimum Gasteiger partial charge on any atom is -0.327 e. The van der Waals surface area contributed by atoms with Gasteiger partial charge in [0.15, 0.2) is 0 Å². The van der Waals surface area contributed by atoms with Gasteiger partial charge < -0.3 is 5.73 Å². The van der Waals surface area contributed by atoms with E-state index in [0.29, 0.717) is 6.54 Å². The van der Waals surface area contributed by atoms with Crippen LogP contribution in [0.3, 0.4) is 0 Å². The number of hydrogen-bond acceptors (Lipinski definition) is 1. The van der Waals surface area contributed by atoms with E-state index in [2.05, 4.69) is 32.9 Å². The molecule has 0 atom stereocenters. The largest absolute Gasteiger partial charge is 0.327 e. The van der Waals surface area contributed by atoms with E-state index in [1.165, 1.54) is 11.1 Å². The Morgan fingerprint density at radius 3 is 2.27 bits per heavy atom. The number of allylic oxidation sites excluding steroid dienone is 3. The first-order chi connectivity index (χ1) is 5.16. The summed E-state index contributed by atoms with van der Waals surface area (Å²) in [6.45, 7) is 7.05. The fraction of sp³-hybridized carbons (Fsp3) is 0.600. The number of hydrogen-bond donors (Lipinski definition) is 1.